The third-order valence-electron chi connectivity index (χ3n) is 25.2. The van der Waals surface area contributed by atoms with Gasteiger partial charge in [-0.1, -0.05) is 133 Å². The normalized spacial score (nSPS) is 19.0. The summed E-state index contributed by atoms with van der Waals surface area (Å²) >= 11 is 13.6. The van der Waals surface area contributed by atoms with Crippen LogP contribution in [0.4, 0.5) is 30.6 Å². The molecular formula is C97H97Cl2F3N20O7. The molecule has 9 aromatic heterocycles. The number of aryl methyl sites for hydroxylation is 2. The highest BCUT2D eigenvalue weighted by Gasteiger charge is 2.67. The minimum absolute atomic E-state index is 0.0184. The van der Waals surface area contributed by atoms with Gasteiger partial charge in [0.2, 0.25) is 17.7 Å². The Kier molecular flexibility index (Phi) is 24.3. The molecular weight excluding hydrogens is 1690 g/mol. The summed E-state index contributed by atoms with van der Waals surface area (Å²) in [5.74, 6) is -0.738. The lowest BCUT2D eigenvalue weighted by atomic mass is 9.60. The third-order valence-corrected chi connectivity index (χ3v) is 25.7. The molecule has 32 heteroatoms. The number of carbonyl (C=O) groups is 3. The van der Waals surface area contributed by atoms with Crippen molar-refractivity contribution in [2.45, 2.75) is 155 Å². The number of piperidine rings is 1. The van der Waals surface area contributed by atoms with Gasteiger partial charge in [0.1, 0.15) is 52.5 Å². The highest BCUT2D eigenvalue weighted by Crippen LogP contribution is 2.61. The molecule has 5 aliphatic heterocycles. The molecule has 27 nitrogen and oxygen atoms in total. The highest BCUT2D eigenvalue weighted by molar-refractivity contribution is 6.34. The fraction of sp³-hybridized carbons (Fsp3) is 0.320. The summed E-state index contributed by atoms with van der Waals surface area (Å²) < 4.78 is 56.3. The van der Waals surface area contributed by atoms with Gasteiger partial charge < -0.3 is 35.0 Å². The van der Waals surface area contributed by atoms with Crippen molar-refractivity contribution >= 4 is 102 Å². The number of anilines is 3. The first-order valence-corrected chi connectivity index (χ1v) is 43.6. The number of nitrogens with zero attached hydrogens (tertiary/aromatic N) is 19. The number of methoxy groups -OCH3 is 1. The van der Waals surface area contributed by atoms with E-state index in [0.29, 0.717) is 112 Å². The Hall–Kier alpha value is -13.5. The molecule has 4 aromatic carbocycles. The summed E-state index contributed by atoms with van der Waals surface area (Å²) in [6.07, 6.45) is 10.3. The molecule has 0 bridgehead atoms. The number of aromatic nitrogens is 13. The Balaban J connectivity index is 0.000000142. The van der Waals surface area contributed by atoms with E-state index in [2.05, 4.69) is 54.5 Å². The number of fused-ring (bicyclic) bond motifs is 4. The molecule has 18 rings (SSSR count). The second-order valence-electron chi connectivity index (χ2n) is 34.5. The lowest BCUT2D eigenvalue weighted by molar-refractivity contribution is -0.238. The Morgan fingerprint density at radius 2 is 0.930 bits per heavy atom. The first-order chi connectivity index (χ1) is 61.7. The van der Waals surface area contributed by atoms with Crippen LogP contribution in [-0.2, 0) is 19.9 Å². The first-order valence-electron chi connectivity index (χ1n) is 42.8. The molecule has 0 spiro atoms. The van der Waals surface area contributed by atoms with Crippen molar-refractivity contribution in [2.75, 3.05) is 61.9 Å². The molecule has 6 atom stereocenters. The predicted octanol–water partition coefficient (Wildman–Crippen LogP) is 15.7. The predicted molar refractivity (Wildman–Crippen MR) is 496 cm³/mol. The number of nitrogens with two attached hydrogens (primary N) is 1. The summed E-state index contributed by atoms with van der Waals surface area (Å²) in [4.78, 5) is 138. The summed E-state index contributed by atoms with van der Waals surface area (Å²) in [5, 5.41) is 3.60. The summed E-state index contributed by atoms with van der Waals surface area (Å²) in [7, 11) is 1.57. The van der Waals surface area contributed by atoms with E-state index in [9.17, 15) is 33.2 Å². The molecule has 14 heterocycles. The van der Waals surface area contributed by atoms with Gasteiger partial charge in [-0.2, -0.15) is 15.0 Å². The van der Waals surface area contributed by atoms with Crippen molar-refractivity contribution in [3.05, 3.63) is 265 Å². The van der Waals surface area contributed by atoms with E-state index in [1.54, 1.807) is 83.9 Å². The van der Waals surface area contributed by atoms with Gasteiger partial charge in [-0.15, -0.1) is 0 Å². The number of carbonyl (C=O) groups excluding carboxylic acids is 3. The van der Waals surface area contributed by atoms with Gasteiger partial charge in [0.05, 0.1) is 79.0 Å². The molecule has 5 saturated heterocycles. The number of halogens is 5. The number of pyridine rings is 5. The third kappa shape index (κ3) is 15.7. The molecule has 0 aliphatic carbocycles. The molecule has 5 fully saturated rings. The van der Waals surface area contributed by atoms with Gasteiger partial charge in [0, 0.05) is 110 Å². The van der Waals surface area contributed by atoms with E-state index in [1.165, 1.54) is 56.5 Å². The van der Waals surface area contributed by atoms with E-state index in [1.807, 2.05) is 140 Å². The molecule has 13 aromatic rings. The zero-order valence-corrected chi connectivity index (χ0v) is 75.2. The molecule has 129 heavy (non-hydrogen) atoms. The Labute approximate surface area is 752 Å². The molecule has 6 unspecified atom stereocenters. The molecule has 0 radical (unpaired) electrons. The fourth-order valence-electron chi connectivity index (χ4n) is 19.1. The number of hydrogen-bond donors (Lipinski definition) is 1. The number of hydrogen-bond acceptors (Lipinski definition) is 21. The maximum atomic E-state index is 16.5. The van der Waals surface area contributed by atoms with Crippen LogP contribution in [0.5, 0.6) is 5.75 Å². The summed E-state index contributed by atoms with van der Waals surface area (Å²) in [5.41, 5.74) is 12.2. The average Bonchev–Trinajstić information content (AvgIpc) is 0.665. The van der Waals surface area contributed by atoms with Crippen LogP contribution in [-0.4, -0.2) is 183 Å². The largest absolute Gasteiger partial charge is 0.497 e. The smallest absolute Gasteiger partial charge is 0.356 e. The minimum atomic E-state index is -0.658. The SMILES string of the molecule is C=CC(=O)N1CC(C)N(c2nc(=O)n(-c3c(C)ccnc3C(C)C)c3nc(-c4cc(OC)cc5ccccc45)c(F)cc23)CC1C.C=CC(=O)N1CC(C)N(c2nc(=O)n(-c3c(N)ncnc3C(C)C)c3nc(-c4ccccc4F)c(Cl)cc23)CC1C.C=CC(=O)N1CC2CC3(c4nc(=O)n(-c5c(C)ccnc5C(C)C)c5nc(-c6ccccc6F)c(Cl)cc45)CC(C1)N23. The van der Waals surface area contributed by atoms with Crippen molar-refractivity contribution < 1.29 is 32.3 Å². The van der Waals surface area contributed by atoms with Crippen LogP contribution in [0.25, 0.3) is 94.7 Å². The van der Waals surface area contributed by atoms with Crippen molar-refractivity contribution in [1.82, 2.24) is 83.1 Å². The fourth-order valence-corrected chi connectivity index (χ4v) is 19.6. The second kappa shape index (κ2) is 35.3. The van der Waals surface area contributed by atoms with E-state index < -0.39 is 40.1 Å². The maximum absolute atomic E-state index is 16.5. The van der Waals surface area contributed by atoms with Crippen molar-refractivity contribution in [3.8, 4) is 56.6 Å². The zero-order valence-electron chi connectivity index (χ0n) is 73.7. The van der Waals surface area contributed by atoms with Crippen LogP contribution in [0.2, 0.25) is 10.0 Å². The van der Waals surface area contributed by atoms with Gasteiger partial charge in [-0.25, -0.2) is 66.2 Å². The van der Waals surface area contributed by atoms with Gasteiger partial charge in [0.25, 0.3) is 0 Å². The van der Waals surface area contributed by atoms with Crippen molar-refractivity contribution in [2.24, 2.45) is 0 Å². The van der Waals surface area contributed by atoms with Crippen LogP contribution in [0.3, 0.4) is 0 Å². The molecule has 2 N–H and O–H groups in total. The van der Waals surface area contributed by atoms with Crippen molar-refractivity contribution in [3.63, 3.8) is 0 Å². The van der Waals surface area contributed by atoms with E-state index in [0.717, 1.165) is 40.4 Å². The number of amides is 3. The van der Waals surface area contributed by atoms with Crippen LogP contribution in [0, 0.1) is 31.3 Å². The maximum Gasteiger partial charge on any atom is 0.356 e. The topological polar surface area (TPSA) is 301 Å². The number of likely N-dealkylation sites (tertiary alicyclic amines) is 1. The monoisotopic (exact) mass is 1780 g/mol. The number of ether oxygens (including phenoxy) is 1. The minimum Gasteiger partial charge on any atom is -0.497 e. The summed E-state index contributed by atoms with van der Waals surface area (Å²) in [6, 6.07) is 31.8. The zero-order chi connectivity index (χ0) is 91.9. The van der Waals surface area contributed by atoms with Crippen molar-refractivity contribution in [1.29, 1.82) is 0 Å². The molecule has 662 valence electrons. The number of nitrogen functional groups attached to an aromatic ring is 1. The Morgan fingerprint density at radius 1 is 0.488 bits per heavy atom. The Morgan fingerprint density at radius 3 is 1.42 bits per heavy atom. The van der Waals surface area contributed by atoms with E-state index in [4.69, 9.17) is 53.6 Å². The highest BCUT2D eigenvalue weighted by atomic mass is 35.5. The quantitative estimate of drug-likeness (QED) is 0.0879. The van der Waals surface area contributed by atoms with E-state index in [-0.39, 0.29) is 133 Å². The number of benzene rings is 4. The van der Waals surface area contributed by atoms with Gasteiger partial charge in [-0.05, 0) is 179 Å². The molecule has 3 amide bonds. The molecule has 0 saturated carbocycles. The van der Waals surface area contributed by atoms with E-state index >= 15 is 8.78 Å². The van der Waals surface area contributed by atoms with Crippen LogP contribution in [0.1, 0.15) is 134 Å². The van der Waals surface area contributed by atoms with Crippen LogP contribution < -0.4 is 37.3 Å². The van der Waals surface area contributed by atoms with Crippen LogP contribution >= 0.6 is 23.2 Å². The van der Waals surface area contributed by atoms with Crippen LogP contribution in [0.15, 0.2) is 186 Å². The lowest BCUT2D eigenvalue weighted by Gasteiger charge is -2.73. The Bertz CT molecular complexity index is 6970. The molecule has 5 aliphatic rings. The second-order valence-corrected chi connectivity index (χ2v) is 35.3. The van der Waals surface area contributed by atoms with Gasteiger partial charge in [0.15, 0.2) is 22.8 Å². The summed E-state index contributed by atoms with van der Waals surface area (Å²) in [6.45, 7) is 37.2. The number of rotatable bonds is 16. The lowest BCUT2D eigenvalue weighted by Crippen LogP contribution is -2.83. The first kappa shape index (κ1) is 89.0. The standard InChI is InChI=1S/C36H37FN6O3.C32H30ClFN6O2.C29H30ClFN8O2/c1-8-30(44)41-18-23(6)42(19-22(41)5)34-28-17-29(37)32(27-16-25(46-7)15-24-11-9-10-12-26(24)27)39-35(28)43(36(45)40-34)33-21(4)13-14-38-31(33)20(2)3;1-5-25(41)38-15-19-13-32(14-20(16-38)40(19)32)29-22-12-23(33)27(21-8-6-7-9-24(21)34)36-30(22)39(31(42)37-29)28-18(4)10-11-35-26(28)17(2)3;1-6-22(40)37-12-17(5)38(13-16(37)4)27-19-11-20(30)24(18-9-7-8-10-21(18)31)35-28(19)39(29(41)36-27)25-23(15(2)3)33-14-34-26(25)32/h8-17,20,22-23H,1,18-19H2,2-7H3;5-12,17,19-20H,1,13-16H2,2-4H3;6-11,14-17H,1,12-13H2,2-5H3,(H2,32,33,34). The van der Waals surface area contributed by atoms with Gasteiger partial charge >= 0.3 is 17.1 Å². The number of piperazine rings is 3. The average molecular weight is 1780 g/mol. The van der Waals surface area contributed by atoms with Gasteiger partial charge in [-0.3, -0.25) is 29.3 Å².